The van der Waals surface area contributed by atoms with E-state index in [0.717, 1.165) is 18.9 Å². The molecule has 0 saturated carbocycles. The third kappa shape index (κ3) is 6.04. The fourth-order valence-corrected chi connectivity index (χ4v) is 2.26. The van der Waals surface area contributed by atoms with Crippen molar-refractivity contribution in [1.29, 1.82) is 0 Å². The van der Waals surface area contributed by atoms with Crippen molar-refractivity contribution in [3.63, 3.8) is 0 Å². The van der Waals surface area contributed by atoms with E-state index in [1.807, 2.05) is 0 Å². The fraction of sp³-hybridized carbons (Fsp3) is 0.263. The number of amides is 2. The number of unbranched alkanes of at least 4 members (excludes halogenated alkanes) is 1. The van der Waals surface area contributed by atoms with Crippen LogP contribution in [0.3, 0.4) is 0 Å². The smallest absolute Gasteiger partial charge is 0.251 e. The van der Waals surface area contributed by atoms with Crippen molar-refractivity contribution in [2.24, 2.45) is 0 Å². The van der Waals surface area contributed by atoms with Gasteiger partial charge in [0.15, 0.2) is 0 Å². The van der Waals surface area contributed by atoms with Crippen LogP contribution in [-0.2, 0) is 4.79 Å². The lowest BCUT2D eigenvalue weighted by molar-refractivity contribution is -0.115. The number of halogens is 2. The van der Waals surface area contributed by atoms with Crippen LogP contribution >= 0.6 is 11.6 Å². The van der Waals surface area contributed by atoms with Gasteiger partial charge in [0, 0.05) is 11.3 Å². The van der Waals surface area contributed by atoms with E-state index >= 15 is 0 Å². The Labute approximate surface area is 156 Å². The molecule has 138 valence electrons. The number of carbonyl (C=O) groups is 2. The number of rotatable bonds is 8. The lowest BCUT2D eigenvalue weighted by Gasteiger charge is -2.09. The Morgan fingerprint density at radius 2 is 1.88 bits per heavy atom. The van der Waals surface area contributed by atoms with Gasteiger partial charge in [-0.05, 0) is 48.9 Å². The first-order valence-electron chi connectivity index (χ1n) is 8.25. The van der Waals surface area contributed by atoms with E-state index in [1.165, 1.54) is 12.1 Å². The van der Waals surface area contributed by atoms with Crippen LogP contribution in [-0.4, -0.2) is 25.0 Å². The summed E-state index contributed by atoms with van der Waals surface area (Å²) < 4.78 is 18.6. The van der Waals surface area contributed by atoms with Crippen LogP contribution in [0.1, 0.15) is 30.1 Å². The number of anilines is 1. The van der Waals surface area contributed by atoms with Crippen LogP contribution in [0.4, 0.5) is 10.1 Å². The van der Waals surface area contributed by atoms with Gasteiger partial charge in [-0.15, -0.1) is 0 Å². The SMILES string of the molecule is CCCCOc1ccc(C(=O)NCC(=O)Nc2ccc(F)c(Cl)c2)cc1. The molecule has 7 heteroatoms. The van der Waals surface area contributed by atoms with Crippen molar-refractivity contribution in [1.82, 2.24) is 5.32 Å². The van der Waals surface area contributed by atoms with Gasteiger partial charge in [-0.25, -0.2) is 4.39 Å². The first-order valence-corrected chi connectivity index (χ1v) is 8.63. The summed E-state index contributed by atoms with van der Waals surface area (Å²) >= 11 is 5.65. The predicted molar refractivity (Wildman–Crippen MR) is 99.2 cm³/mol. The number of nitrogens with one attached hydrogen (secondary N) is 2. The predicted octanol–water partition coefficient (Wildman–Crippen LogP) is 4.03. The molecule has 2 aromatic rings. The highest BCUT2D eigenvalue weighted by Gasteiger charge is 2.09. The monoisotopic (exact) mass is 378 g/mol. The van der Waals surface area contributed by atoms with Gasteiger partial charge in [0.2, 0.25) is 5.91 Å². The molecule has 0 heterocycles. The second kappa shape index (κ2) is 9.77. The summed E-state index contributed by atoms with van der Waals surface area (Å²) in [6.07, 6.45) is 2.02. The maximum Gasteiger partial charge on any atom is 0.251 e. The first-order chi connectivity index (χ1) is 12.5. The summed E-state index contributed by atoms with van der Waals surface area (Å²) in [7, 11) is 0. The van der Waals surface area contributed by atoms with Gasteiger partial charge in [-0.2, -0.15) is 0 Å². The Kier molecular flexibility index (Phi) is 7.41. The van der Waals surface area contributed by atoms with E-state index in [2.05, 4.69) is 17.6 Å². The minimum absolute atomic E-state index is 0.0897. The molecule has 0 aromatic heterocycles. The Morgan fingerprint density at radius 1 is 1.15 bits per heavy atom. The van der Waals surface area contributed by atoms with Gasteiger partial charge in [0.1, 0.15) is 11.6 Å². The Hall–Kier alpha value is -2.60. The Balaban J connectivity index is 1.81. The number of carbonyl (C=O) groups excluding carboxylic acids is 2. The topological polar surface area (TPSA) is 67.4 Å². The van der Waals surface area contributed by atoms with E-state index in [9.17, 15) is 14.0 Å². The molecule has 26 heavy (non-hydrogen) atoms. The molecule has 5 nitrogen and oxygen atoms in total. The maximum absolute atomic E-state index is 13.1. The maximum atomic E-state index is 13.1. The van der Waals surface area contributed by atoms with Crippen molar-refractivity contribution in [3.05, 3.63) is 58.9 Å². The summed E-state index contributed by atoms with van der Waals surface area (Å²) in [4.78, 5) is 23.9. The second-order valence-corrected chi connectivity index (χ2v) is 5.99. The van der Waals surface area contributed by atoms with E-state index in [-0.39, 0.29) is 17.5 Å². The van der Waals surface area contributed by atoms with Crippen LogP contribution in [0.2, 0.25) is 5.02 Å². The third-order valence-corrected chi connectivity index (χ3v) is 3.79. The molecule has 2 rings (SSSR count). The molecule has 0 saturated heterocycles. The lowest BCUT2D eigenvalue weighted by atomic mass is 10.2. The number of benzene rings is 2. The van der Waals surface area contributed by atoms with Crippen LogP contribution in [0.25, 0.3) is 0 Å². The second-order valence-electron chi connectivity index (χ2n) is 5.59. The molecule has 0 aliphatic heterocycles. The quantitative estimate of drug-likeness (QED) is 0.681. The molecule has 0 atom stereocenters. The zero-order valence-corrected chi connectivity index (χ0v) is 15.1. The highest BCUT2D eigenvalue weighted by atomic mass is 35.5. The van der Waals surface area contributed by atoms with Gasteiger partial charge in [-0.1, -0.05) is 24.9 Å². The van der Waals surface area contributed by atoms with Crippen molar-refractivity contribution in [3.8, 4) is 5.75 Å². The van der Waals surface area contributed by atoms with Gasteiger partial charge in [-0.3, -0.25) is 9.59 Å². The van der Waals surface area contributed by atoms with E-state index in [4.69, 9.17) is 16.3 Å². The summed E-state index contributed by atoms with van der Waals surface area (Å²) in [6, 6.07) is 10.5. The minimum Gasteiger partial charge on any atom is -0.494 e. The molecular formula is C19H20ClFN2O3. The number of ether oxygens (including phenoxy) is 1. The molecule has 0 aliphatic rings. The average Bonchev–Trinajstić information content (AvgIpc) is 2.63. The van der Waals surface area contributed by atoms with E-state index < -0.39 is 11.7 Å². The fourth-order valence-electron chi connectivity index (χ4n) is 2.08. The van der Waals surface area contributed by atoms with Crippen LogP contribution in [0, 0.1) is 5.82 Å². The largest absolute Gasteiger partial charge is 0.494 e. The first kappa shape index (κ1) is 19.7. The summed E-state index contributed by atoms with van der Waals surface area (Å²) in [5.74, 6) is -0.695. The summed E-state index contributed by atoms with van der Waals surface area (Å²) in [6.45, 7) is 2.50. The molecule has 0 unspecified atom stereocenters. The Morgan fingerprint density at radius 3 is 2.54 bits per heavy atom. The molecule has 0 spiro atoms. The van der Waals surface area contributed by atoms with Gasteiger partial charge in [0.05, 0.1) is 18.2 Å². The standard InChI is InChI=1S/C19H20ClFN2O3/c1-2-3-10-26-15-7-4-13(5-8-15)19(25)22-12-18(24)23-14-6-9-17(21)16(20)11-14/h4-9,11H,2-3,10,12H2,1H3,(H,22,25)(H,23,24). The van der Waals surface area contributed by atoms with Crippen LogP contribution in [0.15, 0.2) is 42.5 Å². The van der Waals surface area contributed by atoms with Gasteiger partial charge in [0.25, 0.3) is 5.91 Å². The molecule has 2 amide bonds. The normalized spacial score (nSPS) is 10.3. The molecule has 2 N–H and O–H groups in total. The highest BCUT2D eigenvalue weighted by Crippen LogP contribution is 2.19. The Bertz CT molecular complexity index is 766. The highest BCUT2D eigenvalue weighted by molar-refractivity contribution is 6.31. The average molecular weight is 379 g/mol. The molecule has 2 aromatic carbocycles. The molecular weight excluding hydrogens is 359 g/mol. The van der Waals surface area contributed by atoms with Gasteiger partial charge >= 0.3 is 0 Å². The summed E-state index contributed by atoms with van der Waals surface area (Å²) in [5.41, 5.74) is 0.773. The van der Waals surface area contributed by atoms with Crippen LogP contribution in [0.5, 0.6) is 5.75 Å². The molecule has 0 aliphatic carbocycles. The summed E-state index contributed by atoms with van der Waals surface area (Å²) in [5, 5.41) is 4.96. The zero-order chi connectivity index (χ0) is 18.9. The zero-order valence-electron chi connectivity index (χ0n) is 14.4. The lowest BCUT2D eigenvalue weighted by Crippen LogP contribution is -2.32. The van der Waals surface area contributed by atoms with Crippen molar-refractivity contribution < 1.29 is 18.7 Å². The molecule has 0 bridgehead atoms. The van der Waals surface area contributed by atoms with Crippen molar-refractivity contribution in [2.75, 3.05) is 18.5 Å². The number of hydrogen-bond donors (Lipinski definition) is 2. The van der Waals surface area contributed by atoms with Crippen LogP contribution < -0.4 is 15.4 Å². The van der Waals surface area contributed by atoms with Crippen molar-refractivity contribution in [2.45, 2.75) is 19.8 Å². The number of hydrogen-bond acceptors (Lipinski definition) is 3. The van der Waals surface area contributed by atoms with E-state index in [0.29, 0.717) is 23.6 Å². The third-order valence-electron chi connectivity index (χ3n) is 3.50. The van der Waals surface area contributed by atoms with Gasteiger partial charge < -0.3 is 15.4 Å². The van der Waals surface area contributed by atoms with Crippen molar-refractivity contribution >= 4 is 29.1 Å². The molecule has 0 radical (unpaired) electrons. The minimum atomic E-state index is -0.569. The molecule has 0 fully saturated rings. The van der Waals surface area contributed by atoms with E-state index in [1.54, 1.807) is 24.3 Å².